The molecule has 0 heterocycles. The summed E-state index contributed by atoms with van der Waals surface area (Å²) in [7, 11) is 0. The van der Waals surface area contributed by atoms with Gasteiger partial charge in [-0.05, 0) is 36.4 Å². The van der Waals surface area contributed by atoms with Crippen molar-refractivity contribution < 1.29 is 22.7 Å². The molecule has 1 amide bonds. The summed E-state index contributed by atoms with van der Waals surface area (Å²) in [5.41, 5.74) is 0.464. The van der Waals surface area contributed by atoms with E-state index in [0.29, 0.717) is 22.3 Å². The van der Waals surface area contributed by atoms with E-state index in [1.165, 1.54) is 48.5 Å². The Hall–Kier alpha value is -2.15. The van der Waals surface area contributed by atoms with Gasteiger partial charge in [-0.25, -0.2) is 4.39 Å². The molecule has 0 spiro atoms. The summed E-state index contributed by atoms with van der Waals surface area (Å²) in [4.78, 5) is 12.1. The number of carbonyl (C=O) groups excluding carboxylic acids is 1. The third-order valence-electron chi connectivity index (χ3n) is 2.53. The summed E-state index contributed by atoms with van der Waals surface area (Å²) < 4.78 is 42.4. The SMILES string of the molecule is O=C(COc1cccc(F)c1)Nc1ccc(SC(F)F)cc1. The first-order chi connectivity index (χ1) is 10.5. The van der Waals surface area contributed by atoms with Gasteiger partial charge in [-0.3, -0.25) is 4.79 Å². The largest absolute Gasteiger partial charge is 0.484 e. The summed E-state index contributed by atoms with van der Waals surface area (Å²) in [5.74, 6) is -3.12. The van der Waals surface area contributed by atoms with Crippen LogP contribution in [-0.4, -0.2) is 18.3 Å². The topological polar surface area (TPSA) is 38.3 Å². The van der Waals surface area contributed by atoms with Gasteiger partial charge >= 0.3 is 0 Å². The van der Waals surface area contributed by atoms with E-state index < -0.39 is 17.5 Å². The molecule has 3 nitrogen and oxygen atoms in total. The van der Waals surface area contributed by atoms with Crippen molar-refractivity contribution in [1.82, 2.24) is 0 Å². The predicted molar refractivity (Wildman–Crippen MR) is 78.8 cm³/mol. The quantitative estimate of drug-likeness (QED) is 0.810. The highest BCUT2D eigenvalue weighted by Gasteiger charge is 2.07. The molecular weight excluding hydrogens is 315 g/mol. The highest BCUT2D eigenvalue weighted by atomic mass is 32.2. The second-order valence-corrected chi connectivity index (χ2v) is 5.26. The van der Waals surface area contributed by atoms with Crippen molar-refractivity contribution >= 4 is 23.4 Å². The van der Waals surface area contributed by atoms with E-state index in [1.807, 2.05) is 0 Å². The third kappa shape index (κ3) is 5.33. The zero-order valence-corrected chi connectivity index (χ0v) is 12.1. The van der Waals surface area contributed by atoms with Gasteiger partial charge < -0.3 is 10.1 Å². The zero-order chi connectivity index (χ0) is 15.9. The number of anilines is 1. The van der Waals surface area contributed by atoms with E-state index in [-0.39, 0.29) is 12.4 Å². The van der Waals surface area contributed by atoms with Gasteiger partial charge in [-0.2, -0.15) is 8.78 Å². The van der Waals surface area contributed by atoms with Crippen molar-refractivity contribution in [2.24, 2.45) is 0 Å². The molecule has 0 aliphatic carbocycles. The molecule has 0 fully saturated rings. The summed E-state index contributed by atoms with van der Waals surface area (Å²) in [5, 5.41) is 2.55. The number of alkyl halides is 2. The van der Waals surface area contributed by atoms with Crippen molar-refractivity contribution in [1.29, 1.82) is 0 Å². The van der Waals surface area contributed by atoms with E-state index in [0.717, 1.165) is 0 Å². The van der Waals surface area contributed by atoms with E-state index >= 15 is 0 Å². The average Bonchev–Trinajstić information content (AvgIpc) is 2.47. The molecule has 0 saturated heterocycles. The van der Waals surface area contributed by atoms with Gasteiger partial charge in [0.1, 0.15) is 11.6 Å². The molecule has 0 atom stereocenters. The number of nitrogens with one attached hydrogen (secondary N) is 1. The monoisotopic (exact) mass is 327 g/mol. The van der Waals surface area contributed by atoms with E-state index in [9.17, 15) is 18.0 Å². The van der Waals surface area contributed by atoms with Gasteiger partial charge in [0, 0.05) is 16.6 Å². The van der Waals surface area contributed by atoms with Crippen molar-refractivity contribution in [3.05, 3.63) is 54.3 Å². The van der Waals surface area contributed by atoms with E-state index in [4.69, 9.17) is 4.74 Å². The predicted octanol–water partition coefficient (Wildman–Crippen LogP) is 4.16. The van der Waals surface area contributed by atoms with Crippen molar-refractivity contribution in [2.45, 2.75) is 10.7 Å². The number of amides is 1. The second-order valence-electron chi connectivity index (χ2n) is 4.20. The summed E-state index contributed by atoms with van der Waals surface area (Å²) >= 11 is 0.429. The highest BCUT2D eigenvalue weighted by molar-refractivity contribution is 7.99. The van der Waals surface area contributed by atoms with Crippen LogP contribution in [0.3, 0.4) is 0 Å². The number of rotatable bonds is 6. The molecule has 1 N–H and O–H groups in total. The molecule has 0 unspecified atom stereocenters. The fourth-order valence-electron chi connectivity index (χ4n) is 1.62. The second kappa shape index (κ2) is 7.74. The lowest BCUT2D eigenvalue weighted by Gasteiger charge is -2.08. The van der Waals surface area contributed by atoms with Crippen LogP contribution in [-0.2, 0) is 4.79 Å². The summed E-state index contributed by atoms with van der Waals surface area (Å²) in [6.45, 7) is -0.281. The zero-order valence-electron chi connectivity index (χ0n) is 11.3. The third-order valence-corrected chi connectivity index (χ3v) is 3.25. The minimum atomic E-state index is -2.49. The number of thioether (sulfide) groups is 1. The minimum absolute atomic E-state index is 0.249. The molecule has 2 aromatic carbocycles. The lowest BCUT2D eigenvalue weighted by molar-refractivity contribution is -0.118. The molecule has 116 valence electrons. The van der Waals surface area contributed by atoms with Crippen LogP contribution in [0.1, 0.15) is 0 Å². The minimum Gasteiger partial charge on any atom is -0.484 e. The lowest BCUT2D eigenvalue weighted by Crippen LogP contribution is -2.20. The van der Waals surface area contributed by atoms with Gasteiger partial charge in [0.05, 0.1) is 0 Å². The maximum Gasteiger partial charge on any atom is 0.288 e. The highest BCUT2D eigenvalue weighted by Crippen LogP contribution is 2.26. The Kier molecular flexibility index (Phi) is 5.71. The van der Waals surface area contributed by atoms with Crippen LogP contribution in [0, 0.1) is 5.82 Å². The molecule has 0 aliphatic rings. The molecule has 2 rings (SSSR count). The molecule has 0 bridgehead atoms. The number of ether oxygens (including phenoxy) is 1. The molecule has 2 aromatic rings. The summed E-state index contributed by atoms with van der Waals surface area (Å²) in [6.07, 6.45) is 0. The van der Waals surface area contributed by atoms with Crippen LogP contribution in [0.4, 0.5) is 18.9 Å². The van der Waals surface area contributed by atoms with Gasteiger partial charge in [-0.1, -0.05) is 17.8 Å². The first-order valence-electron chi connectivity index (χ1n) is 6.26. The Bertz CT molecular complexity index is 635. The number of hydrogen-bond donors (Lipinski definition) is 1. The molecule has 7 heteroatoms. The van der Waals surface area contributed by atoms with Crippen LogP contribution < -0.4 is 10.1 Å². The fraction of sp³-hybridized carbons (Fsp3) is 0.133. The van der Waals surface area contributed by atoms with Gasteiger partial charge in [0.15, 0.2) is 6.61 Å². The normalized spacial score (nSPS) is 10.5. The van der Waals surface area contributed by atoms with Gasteiger partial charge in [-0.15, -0.1) is 0 Å². The summed E-state index contributed by atoms with van der Waals surface area (Å²) in [6, 6.07) is 11.5. The first-order valence-corrected chi connectivity index (χ1v) is 7.14. The van der Waals surface area contributed by atoms with Gasteiger partial charge in [0.25, 0.3) is 11.7 Å². The van der Waals surface area contributed by atoms with Crippen molar-refractivity contribution in [2.75, 3.05) is 11.9 Å². The maximum absolute atomic E-state index is 12.9. The standard InChI is InChI=1S/C15H12F3NO2S/c16-10-2-1-3-12(8-10)21-9-14(20)19-11-4-6-13(7-5-11)22-15(17)18/h1-8,15H,9H2,(H,19,20). The Morgan fingerprint density at radius 3 is 2.55 bits per heavy atom. The number of halogens is 3. The molecule has 22 heavy (non-hydrogen) atoms. The average molecular weight is 327 g/mol. The van der Waals surface area contributed by atoms with Crippen LogP contribution in [0.25, 0.3) is 0 Å². The Labute approximate surface area is 129 Å². The maximum atomic E-state index is 12.9. The van der Waals surface area contributed by atoms with E-state index in [1.54, 1.807) is 0 Å². The van der Waals surface area contributed by atoms with Crippen LogP contribution in [0.5, 0.6) is 5.75 Å². The van der Waals surface area contributed by atoms with Crippen LogP contribution >= 0.6 is 11.8 Å². The number of carbonyl (C=O) groups is 1. The number of benzene rings is 2. The van der Waals surface area contributed by atoms with Crippen molar-refractivity contribution in [3.8, 4) is 5.75 Å². The Balaban J connectivity index is 1.84. The molecular formula is C15H12F3NO2S. The fourth-order valence-corrected chi connectivity index (χ4v) is 2.12. The molecule has 0 radical (unpaired) electrons. The van der Waals surface area contributed by atoms with Crippen LogP contribution in [0.15, 0.2) is 53.4 Å². The molecule has 0 aliphatic heterocycles. The lowest BCUT2D eigenvalue weighted by atomic mass is 10.3. The smallest absolute Gasteiger partial charge is 0.288 e. The van der Waals surface area contributed by atoms with E-state index in [2.05, 4.69) is 5.32 Å². The Morgan fingerprint density at radius 1 is 1.18 bits per heavy atom. The van der Waals surface area contributed by atoms with Gasteiger partial charge in [0.2, 0.25) is 0 Å². The first kappa shape index (κ1) is 16.2. The Morgan fingerprint density at radius 2 is 1.91 bits per heavy atom. The van der Waals surface area contributed by atoms with Crippen molar-refractivity contribution in [3.63, 3.8) is 0 Å². The molecule has 0 saturated carbocycles. The van der Waals surface area contributed by atoms with Crippen LogP contribution in [0.2, 0.25) is 0 Å². The number of hydrogen-bond acceptors (Lipinski definition) is 3. The molecule has 0 aromatic heterocycles.